The standard InChI is InChI=1S/C25H27ClN2O6S/c1-5-34-23-13-6-17(25(29)27-22-12-9-20(32-3)15-24(22)33-4)14-18(23)16-28(2)35(30,31)21-10-7-19(26)8-11-21/h6-15H,5,16H2,1-4H3,(H,27,29). The van der Waals surface area contributed by atoms with Gasteiger partial charge in [-0.05, 0) is 61.5 Å². The molecule has 3 aromatic carbocycles. The largest absolute Gasteiger partial charge is 0.497 e. The van der Waals surface area contributed by atoms with Gasteiger partial charge < -0.3 is 19.5 Å². The molecule has 0 aliphatic heterocycles. The maximum atomic E-state index is 13.0. The summed E-state index contributed by atoms with van der Waals surface area (Å²) in [4.78, 5) is 13.1. The molecule has 3 aromatic rings. The fourth-order valence-corrected chi connectivity index (χ4v) is 4.62. The molecule has 35 heavy (non-hydrogen) atoms. The lowest BCUT2D eigenvalue weighted by Crippen LogP contribution is -2.27. The number of nitrogens with zero attached hydrogens (tertiary/aromatic N) is 1. The highest BCUT2D eigenvalue weighted by molar-refractivity contribution is 7.89. The molecule has 0 atom stereocenters. The molecule has 10 heteroatoms. The molecule has 0 fully saturated rings. The summed E-state index contributed by atoms with van der Waals surface area (Å²) in [7, 11) is 0.711. The van der Waals surface area contributed by atoms with Crippen LogP contribution in [-0.4, -0.2) is 46.5 Å². The average Bonchev–Trinajstić information content (AvgIpc) is 2.85. The molecule has 0 aliphatic rings. The Balaban J connectivity index is 1.88. The Hall–Kier alpha value is -3.27. The van der Waals surface area contributed by atoms with E-state index in [0.717, 1.165) is 0 Å². The van der Waals surface area contributed by atoms with E-state index in [1.54, 1.807) is 43.5 Å². The number of sulfonamides is 1. The summed E-state index contributed by atoms with van der Waals surface area (Å²) < 4.78 is 43.5. The van der Waals surface area contributed by atoms with E-state index in [4.69, 9.17) is 25.8 Å². The number of halogens is 1. The average molecular weight is 519 g/mol. The number of hydrogen-bond donors (Lipinski definition) is 1. The molecule has 0 spiro atoms. The lowest BCUT2D eigenvalue weighted by atomic mass is 10.1. The number of rotatable bonds is 10. The van der Waals surface area contributed by atoms with Gasteiger partial charge in [-0.15, -0.1) is 0 Å². The fraction of sp³-hybridized carbons (Fsp3) is 0.240. The van der Waals surface area contributed by atoms with Crippen molar-refractivity contribution < 1.29 is 27.4 Å². The summed E-state index contributed by atoms with van der Waals surface area (Å²) in [6.07, 6.45) is 0. The Morgan fingerprint density at radius 3 is 2.31 bits per heavy atom. The number of carbonyl (C=O) groups excluding carboxylic acids is 1. The van der Waals surface area contributed by atoms with Crippen molar-refractivity contribution in [3.05, 3.63) is 76.8 Å². The zero-order valence-corrected chi connectivity index (χ0v) is 21.4. The van der Waals surface area contributed by atoms with Gasteiger partial charge in [-0.3, -0.25) is 4.79 Å². The molecule has 0 aromatic heterocycles. The fourth-order valence-electron chi connectivity index (χ4n) is 3.35. The number of nitrogens with one attached hydrogen (secondary N) is 1. The number of carbonyl (C=O) groups is 1. The second-order valence-corrected chi connectivity index (χ2v) is 9.97. The molecule has 0 saturated heterocycles. The van der Waals surface area contributed by atoms with Gasteiger partial charge in [-0.25, -0.2) is 8.42 Å². The molecule has 1 N–H and O–H groups in total. The van der Waals surface area contributed by atoms with Crippen molar-refractivity contribution in [3.8, 4) is 17.2 Å². The topological polar surface area (TPSA) is 94.2 Å². The van der Waals surface area contributed by atoms with Gasteiger partial charge in [0.15, 0.2) is 0 Å². The maximum absolute atomic E-state index is 13.0. The first-order chi connectivity index (χ1) is 16.7. The number of benzene rings is 3. The number of anilines is 1. The maximum Gasteiger partial charge on any atom is 0.255 e. The third kappa shape index (κ3) is 6.25. The predicted molar refractivity (Wildman–Crippen MR) is 135 cm³/mol. The van der Waals surface area contributed by atoms with Gasteiger partial charge in [0.05, 0.1) is 31.4 Å². The number of methoxy groups -OCH3 is 2. The Labute approximate surface area is 210 Å². The SMILES string of the molecule is CCOc1ccc(C(=O)Nc2ccc(OC)cc2OC)cc1CN(C)S(=O)(=O)c1ccc(Cl)cc1. The normalized spacial score (nSPS) is 11.3. The van der Waals surface area contributed by atoms with Gasteiger partial charge in [0.25, 0.3) is 5.91 Å². The summed E-state index contributed by atoms with van der Waals surface area (Å²) >= 11 is 5.89. The minimum atomic E-state index is -3.79. The second kappa shape index (κ2) is 11.4. The zero-order valence-electron chi connectivity index (χ0n) is 19.9. The number of hydrogen-bond acceptors (Lipinski definition) is 6. The summed E-state index contributed by atoms with van der Waals surface area (Å²) in [6, 6.07) is 15.9. The summed E-state index contributed by atoms with van der Waals surface area (Å²) in [6.45, 7) is 2.21. The molecule has 0 bridgehead atoms. The first kappa shape index (κ1) is 26.3. The highest BCUT2D eigenvalue weighted by Crippen LogP contribution is 2.30. The molecule has 0 aliphatic carbocycles. The molecular weight excluding hydrogens is 492 g/mol. The van der Waals surface area contributed by atoms with Crippen molar-refractivity contribution in [2.24, 2.45) is 0 Å². The summed E-state index contributed by atoms with van der Waals surface area (Å²) in [5.41, 5.74) is 1.34. The van der Waals surface area contributed by atoms with Crippen molar-refractivity contribution in [3.63, 3.8) is 0 Å². The third-order valence-electron chi connectivity index (χ3n) is 5.19. The molecule has 3 rings (SSSR count). The van der Waals surface area contributed by atoms with Crippen molar-refractivity contribution >= 4 is 33.2 Å². The van der Waals surface area contributed by atoms with E-state index in [1.807, 2.05) is 6.92 Å². The molecule has 0 radical (unpaired) electrons. The van der Waals surface area contributed by atoms with Gasteiger partial charge in [0, 0.05) is 35.8 Å². The Morgan fingerprint density at radius 2 is 1.69 bits per heavy atom. The van der Waals surface area contributed by atoms with E-state index in [2.05, 4.69) is 5.32 Å². The van der Waals surface area contributed by atoms with Gasteiger partial charge in [0.1, 0.15) is 17.2 Å². The van der Waals surface area contributed by atoms with Crippen LogP contribution in [0, 0.1) is 0 Å². The molecule has 0 saturated carbocycles. The van der Waals surface area contributed by atoms with Gasteiger partial charge in [-0.1, -0.05) is 11.6 Å². The van der Waals surface area contributed by atoms with E-state index in [-0.39, 0.29) is 17.3 Å². The summed E-state index contributed by atoms with van der Waals surface area (Å²) in [5.74, 6) is 1.14. The van der Waals surface area contributed by atoms with Crippen LogP contribution in [0.1, 0.15) is 22.8 Å². The third-order valence-corrected chi connectivity index (χ3v) is 7.26. The Morgan fingerprint density at radius 1 is 0.971 bits per heavy atom. The number of ether oxygens (including phenoxy) is 3. The number of amides is 1. The van der Waals surface area contributed by atoms with E-state index in [1.165, 1.54) is 42.7 Å². The molecule has 8 nitrogen and oxygen atoms in total. The highest BCUT2D eigenvalue weighted by Gasteiger charge is 2.23. The highest BCUT2D eigenvalue weighted by atomic mass is 35.5. The minimum absolute atomic E-state index is 0.00668. The van der Waals surface area contributed by atoms with Crippen LogP contribution < -0.4 is 19.5 Å². The van der Waals surface area contributed by atoms with Crippen molar-refractivity contribution in [1.29, 1.82) is 0 Å². The molecule has 0 heterocycles. The molecule has 0 unspecified atom stereocenters. The lowest BCUT2D eigenvalue weighted by molar-refractivity contribution is 0.102. The molecule has 1 amide bonds. The first-order valence-electron chi connectivity index (χ1n) is 10.7. The van der Waals surface area contributed by atoms with Crippen molar-refractivity contribution in [2.45, 2.75) is 18.4 Å². The van der Waals surface area contributed by atoms with E-state index in [0.29, 0.717) is 45.7 Å². The van der Waals surface area contributed by atoms with E-state index < -0.39 is 10.0 Å². The second-order valence-electron chi connectivity index (χ2n) is 7.49. The van der Waals surface area contributed by atoms with Gasteiger partial charge in [0.2, 0.25) is 10.0 Å². The van der Waals surface area contributed by atoms with Gasteiger partial charge in [-0.2, -0.15) is 4.31 Å². The molecule has 186 valence electrons. The van der Waals surface area contributed by atoms with E-state index >= 15 is 0 Å². The van der Waals surface area contributed by atoms with Crippen LogP contribution in [0.25, 0.3) is 0 Å². The monoisotopic (exact) mass is 518 g/mol. The minimum Gasteiger partial charge on any atom is -0.497 e. The smallest absolute Gasteiger partial charge is 0.255 e. The Bertz CT molecular complexity index is 1300. The Kier molecular flexibility index (Phi) is 8.61. The van der Waals surface area contributed by atoms with Crippen LogP contribution in [0.3, 0.4) is 0 Å². The van der Waals surface area contributed by atoms with Gasteiger partial charge >= 0.3 is 0 Å². The first-order valence-corrected chi connectivity index (χ1v) is 12.5. The van der Waals surface area contributed by atoms with E-state index in [9.17, 15) is 13.2 Å². The predicted octanol–water partition coefficient (Wildman–Crippen LogP) is 4.83. The van der Waals surface area contributed by atoms with Crippen molar-refractivity contribution in [2.75, 3.05) is 33.2 Å². The van der Waals surface area contributed by atoms with Crippen LogP contribution in [0.4, 0.5) is 5.69 Å². The van der Waals surface area contributed by atoms with Crippen LogP contribution in [0.15, 0.2) is 65.6 Å². The lowest BCUT2D eigenvalue weighted by Gasteiger charge is -2.20. The summed E-state index contributed by atoms with van der Waals surface area (Å²) in [5, 5.41) is 3.26. The molecular formula is C25H27ClN2O6S. The quantitative estimate of drug-likeness (QED) is 0.413. The van der Waals surface area contributed by atoms with Crippen LogP contribution >= 0.6 is 11.6 Å². The zero-order chi connectivity index (χ0) is 25.6. The van der Waals surface area contributed by atoms with Crippen LogP contribution in [0.5, 0.6) is 17.2 Å². The van der Waals surface area contributed by atoms with Crippen LogP contribution in [0.2, 0.25) is 5.02 Å². The van der Waals surface area contributed by atoms with Crippen molar-refractivity contribution in [1.82, 2.24) is 4.31 Å². The van der Waals surface area contributed by atoms with Crippen LogP contribution in [-0.2, 0) is 16.6 Å².